The lowest BCUT2D eigenvalue weighted by Gasteiger charge is -2.25. The molecule has 1 fully saturated rings. The van der Waals surface area contributed by atoms with E-state index in [-0.39, 0.29) is 23.1 Å². The van der Waals surface area contributed by atoms with E-state index in [0.717, 1.165) is 35.1 Å². The molecule has 0 unspecified atom stereocenters. The van der Waals surface area contributed by atoms with Gasteiger partial charge < -0.3 is 14.0 Å². The van der Waals surface area contributed by atoms with Crippen LogP contribution in [0, 0.1) is 0 Å². The van der Waals surface area contributed by atoms with Gasteiger partial charge in [-0.05, 0) is 31.0 Å². The molecule has 1 aliphatic rings. The van der Waals surface area contributed by atoms with Crippen molar-refractivity contribution in [1.82, 2.24) is 19.9 Å². The Morgan fingerprint density at radius 3 is 2.51 bits per heavy atom. The fraction of sp³-hybridized carbons (Fsp3) is 0.520. The van der Waals surface area contributed by atoms with Crippen molar-refractivity contribution in [2.24, 2.45) is 0 Å². The maximum atomic E-state index is 12.7. The van der Waals surface area contributed by atoms with Crippen LogP contribution in [0.4, 0.5) is 5.88 Å². The second-order valence-electron chi connectivity index (χ2n) is 9.70. The summed E-state index contributed by atoms with van der Waals surface area (Å²) in [5, 5.41) is 16.6. The van der Waals surface area contributed by atoms with Crippen molar-refractivity contribution in [3.63, 3.8) is 0 Å². The maximum absolute atomic E-state index is 12.7. The molecule has 1 aromatic carbocycles. The summed E-state index contributed by atoms with van der Waals surface area (Å²) in [7, 11) is 3.23. The molecular formula is C25H33N5O4S. The van der Waals surface area contributed by atoms with Gasteiger partial charge in [0.2, 0.25) is 11.8 Å². The Balaban J connectivity index is 1.54. The number of hydrogen-bond donors (Lipinski definition) is 1. The molecule has 1 saturated carbocycles. The lowest BCUT2D eigenvalue weighted by Crippen LogP contribution is -2.17. The molecule has 10 heteroatoms. The molecule has 1 aliphatic carbocycles. The molecule has 35 heavy (non-hydrogen) atoms. The van der Waals surface area contributed by atoms with Gasteiger partial charge in [0.15, 0.2) is 22.5 Å². The van der Waals surface area contributed by atoms with Crippen LogP contribution in [-0.4, -0.2) is 45.8 Å². The molecule has 4 rings (SSSR count). The first-order chi connectivity index (χ1) is 16.8. The minimum Gasteiger partial charge on any atom is -0.493 e. The van der Waals surface area contributed by atoms with E-state index in [1.54, 1.807) is 20.3 Å². The number of carbonyl (C=O) groups is 1. The number of ether oxygens (including phenoxy) is 2. The van der Waals surface area contributed by atoms with Crippen LogP contribution in [-0.2, 0) is 10.2 Å². The van der Waals surface area contributed by atoms with Gasteiger partial charge in [-0.3, -0.25) is 14.7 Å². The number of carbonyl (C=O) groups excluding carboxylic acids is 1. The van der Waals surface area contributed by atoms with Crippen LogP contribution >= 0.6 is 11.8 Å². The first kappa shape index (κ1) is 25.1. The smallest absolute Gasteiger partial charge is 0.237 e. The first-order valence-electron chi connectivity index (χ1n) is 11.9. The van der Waals surface area contributed by atoms with Crippen molar-refractivity contribution in [3.05, 3.63) is 30.0 Å². The van der Waals surface area contributed by atoms with E-state index in [2.05, 4.69) is 25.2 Å². The Hall–Kier alpha value is -3.01. The van der Waals surface area contributed by atoms with Crippen molar-refractivity contribution in [2.45, 2.75) is 69.5 Å². The summed E-state index contributed by atoms with van der Waals surface area (Å²) >= 11 is 1.37. The average molecular weight is 500 g/mol. The van der Waals surface area contributed by atoms with Crippen molar-refractivity contribution in [2.75, 3.05) is 25.3 Å². The van der Waals surface area contributed by atoms with Crippen LogP contribution in [0.1, 0.15) is 64.6 Å². The Bertz CT molecular complexity index is 1160. The molecule has 9 nitrogen and oxygen atoms in total. The number of anilines is 1. The molecule has 0 spiro atoms. The Morgan fingerprint density at radius 2 is 1.86 bits per heavy atom. The van der Waals surface area contributed by atoms with Crippen LogP contribution in [0.3, 0.4) is 0 Å². The second-order valence-corrected chi connectivity index (χ2v) is 10.6. The number of methoxy groups -OCH3 is 2. The number of nitrogens with one attached hydrogen (secondary N) is 1. The monoisotopic (exact) mass is 499 g/mol. The predicted molar refractivity (Wildman–Crippen MR) is 135 cm³/mol. The Morgan fingerprint density at radius 1 is 1.11 bits per heavy atom. The minimum absolute atomic E-state index is 0.155. The highest BCUT2D eigenvalue weighted by Gasteiger charge is 2.25. The van der Waals surface area contributed by atoms with Gasteiger partial charge in [-0.2, -0.15) is 0 Å². The van der Waals surface area contributed by atoms with Crippen molar-refractivity contribution in [1.29, 1.82) is 0 Å². The van der Waals surface area contributed by atoms with Crippen LogP contribution in [0.5, 0.6) is 11.5 Å². The zero-order valence-electron chi connectivity index (χ0n) is 21.0. The van der Waals surface area contributed by atoms with Gasteiger partial charge in [-0.25, -0.2) is 0 Å². The van der Waals surface area contributed by atoms with Crippen molar-refractivity contribution in [3.8, 4) is 22.9 Å². The number of nitrogens with zero attached hydrogens (tertiary/aromatic N) is 4. The van der Waals surface area contributed by atoms with E-state index in [1.165, 1.54) is 31.0 Å². The van der Waals surface area contributed by atoms with E-state index < -0.39 is 0 Å². The number of rotatable bonds is 8. The van der Waals surface area contributed by atoms with E-state index in [4.69, 9.17) is 14.0 Å². The summed E-state index contributed by atoms with van der Waals surface area (Å²) in [6.45, 7) is 6.13. The topological polar surface area (TPSA) is 104 Å². The standard InChI is InChI=1S/C25H33N5O4S/c1-25(2,3)20-14-22(34-29-20)26-21(31)15-35-24-28-27-23(30(24)17-9-7-6-8-10-17)16-11-12-18(32-4)19(13-16)33-5/h11-14,17H,6-10,15H2,1-5H3,(H,26,31). The molecule has 1 N–H and O–H groups in total. The zero-order chi connectivity index (χ0) is 25.0. The van der Waals surface area contributed by atoms with Crippen LogP contribution in [0.25, 0.3) is 11.4 Å². The summed E-state index contributed by atoms with van der Waals surface area (Å²) in [4.78, 5) is 12.7. The van der Waals surface area contributed by atoms with Crippen molar-refractivity contribution >= 4 is 23.6 Å². The van der Waals surface area contributed by atoms with Crippen LogP contribution < -0.4 is 14.8 Å². The van der Waals surface area contributed by atoms with Gasteiger partial charge in [-0.15, -0.1) is 10.2 Å². The highest BCUT2D eigenvalue weighted by atomic mass is 32.2. The molecule has 0 saturated heterocycles. The van der Waals surface area contributed by atoms with E-state index in [9.17, 15) is 4.79 Å². The highest BCUT2D eigenvalue weighted by Crippen LogP contribution is 2.38. The van der Waals surface area contributed by atoms with Gasteiger partial charge in [0.1, 0.15) is 0 Å². The SMILES string of the molecule is COc1ccc(-c2nnc(SCC(=O)Nc3cc(C(C)(C)C)no3)n2C2CCCCC2)cc1OC. The van der Waals surface area contributed by atoms with Gasteiger partial charge in [0.05, 0.1) is 25.7 Å². The molecule has 188 valence electrons. The predicted octanol–water partition coefficient (Wildman–Crippen LogP) is 5.48. The molecule has 0 atom stereocenters. The zero-order valence-corrected chi connectivity index (χ0v) is 21.8. The third-order valence-corrected chi connectivity index (χ3v) is 7.06. The van der Waals surface area contributed by atoms with Crippen molar-refractivity contribution < 1.29 is 18.8 Å². The summed E-state index contributed by atoms with van der Waals surface area (Å²) in [6, 6.07) is 7.80. The van der Waals surface area contributed by atoms with E-state index >= 15 is 0 Å². The maximum Gasteiger partial charge on any atom is 0.237 e. The fourth-order valence-corrected chi connectivity index (χ4v) is 5.01. The van der Waals surface area contributed by atoms with E-state index in [1.807, 2.05) is 39.0 Å². The van der Waals surface area contributed by atoms with Crippen LogP contribution in [0.15, 0.2) is 33.9 Å². The summed E-state index contributed by atoms with van der Waals surface area (Å²) < 4.78 is 18.4. The van der Waals surface area contributed by atoms with Gasteiger partial charge in [0.25, 0.3) is 0 Å². The third-order valence-electron chi connectivity index (χ3n) is 6.12. The number of hydrogen-bond acceptors (Lipinski definition) is 8. The molecule has 0 radical (unpaired) electrons. The molecule has 1 amide bonds. The van der Waals surface area contributed by atoms with Gasteiger partial charge in [0, 0.05) is 23.1 Å². The summed E-state index contributed by atoms with van der Waals surface area (Å²) in [5.41, 5.74) is 1.53. The number of amides is 1. The number of thioether (sulfide) groups is 1. The normalized spacial score (nSPS) is 14.7. The quantitative estimate of drug-likeness (QED) is 0.406. The molecule has 2 heterocycles. The average Bonchev–Trinajstić information content (AvgIpc) is 3.50. The lowest BCUT2D eigenvalue weighted by molar-refractivity contribution is -0.113. The summed E-state index contributed by atoms with van der Waals surface area (Å²) in [5.74, 6) is 2.41. The van der Waals surface area contributed by atoms with Gasteiger partial charge in [-0.1, -0.05) is 57.0 Å². The lowest BCUT2D eigenvalue weighted by atomic mass is 9.92. The highest BCUT2D eigenvalue weighted by molar-refractivity contribution is 7.99. The Kier molecular flexibility index (Phi) is 7.69. The summed E-state index contributed by atoms with van der Waals surface area (Å²) in [6.07, 6.45) is 5.70. The molecule has 0 aliphatic heterocycles. The molecule has 2 aromatic heterocycles. The number of aromatic nitrogens is 4. The molecular weight excluding hydrogens is 466 g/mol. The Labute approximate surface area is 210 Å². The molecule has 3 aromatic rings. The fourth-order valence-electron chi connectivity index (χ4n) is 4.21. The van der Waals surface area contributed by atoms with E-state index in [0.29, 0.717) is 17.4 Å². The minimum atomic E-state index is -0.183. The third kappa shape index (κ3) is 5.80. The molecule has 0 bridgehead atoms. The first-order valence-corrected chi connectivity index (χ1v) is 12.9. The van der Waals surface area contributed by atoms with Gasteiger partial charge >= 0.3 is 0 Å². The number of benzene rings is 1. The second kappa shape index (κ2) is 10.7. The largest absolute Gasteiger partial charge is 0.493 e. The van der Waals surface area contributed by atoms with Crippen LogP contribution in [0.2, 0.25) is 0 Å².